The van der Waals surface area contributed by atoms with E-state index >= 15 is 0 Å². The van der Waals surface area contributed by atoms with Crippen LogP contribution in [0.5, 0.6) is 5.75 Å². The minimum atomic E-state index is 0.0992. The fraction of sp³-hybridized carbons (Fsp3) is 0.565. The lowest BCUT2D eigenvalue weighted by molar-refractivity contribution is -0.0474. The lowest BCUT2D eigenvalue weighted by Crippen LogP contribution is -2.43. The van der Waals surface area contributed by atoms with E-state index in [0.29, 0.717) is 18.1 Å². The summed E-state index contributed by atoms with van der Waals surface area (Å²) in [7, 11) is 1.78. The van der Waals surface area contributed by atoms with Gasteiger partial charge in [-0.05, 0) is 56.2 Å². The summed E-state index contributed by atoms with van der Waals surface area (Å²) >= 11 is 1.82. The Balaban J connectivity index is 1.79. The molecular formula is C23H33NO2S. The molecule has 4 heteroatoms. The molecule has 1 aromatic heterocycles. The fourth-order valence-electron chi connectivity index (χ4n) is 4.24. The Morgan fingerprint density at radius 2 is 2.04 bits per heavy atom. The molecule has 2 heterocycles. The van der Waals surface area contributed by atoms with Crippen LogP contribution in [0.2, 0.25) is 0 Å². The maximum absolute atomic E-state index is 6.12. The first-order chi connectivity index (χ1) is 13.1. The van der Waals surface area contributed by atoms with Crippen molar-refractivity contribution in [3.63, 3.8) is 0 Å². The summed E-state index contributed by atoms with van der Waals surface area (Å²) in [5, 5.41) is 5.89. The normalized spacial score (nSPS) is 24.1. The van der Waals surface area contributed by atoms with Gasteiger partial charge < -0.3 is 14.8 Å². The molecule has 0 saturated carbocycles. The highest BCUT2D eigenvalue weighted by molar-refractivity contribution is 7.10. The summed E-state index contributed by atoms with van der Waals surface area (Å²) in [6, 6.07) is 13.3. The van der Waals surface area contributed by atoms with Crippen LogP contribution in [0.3, 0.4) is 0 Å². The molecule has 148 valence electrons. The zero-order valence-electron chi connectivity index (χ0n) is 17.0. The summed E-state index contributed by atoms with van der Waals surface area (Å²) < 4.78 is 11.9. The third-order valence-corrected chi connectivity index (χ3v) is 7.01. The van der Waals surface area contributed by atoms with Gasteiger partial charge in [-0.2, -0.15) is 0 Å². The highest BCUT2D eigenvalue weighted by atomic mass is 32.1. The van der Waals surface area contributed by atoms with Gasteiger partial charge in [0.2, 0.25) is 0 Å². The number of hydrogen-bond acceptors (Lipinski definition) is 4. The Morgan fingerprint density at radius 1 is 1.22 bits per heavy atom. The van der Waals surface area contributed by atoms with Gasteiger partial charge in [-0.3, -0.25) is 0 Å². The van der Waals surface area contributed by atoms with Gasteiger partial charge in [0.1, 0.15) is 5.75 Å². The maximum Gasteiger partial charge on any atom is 0.122 e. The summed E-state index contributed by atoms with van der Waals surface area (Å²) in [5.41, 5.74) is 1.44. The molecule has 27 heavy (non-hydrogen) atoms. The number of para-hydroxylation sites is 1. The molecule has 1 aliphatic rings. The van der Waals surface area contributed by atoms with Gasteiger partial charge in [-0.15, -0.1) is 11.3 Å². The molecule has 0 bridgehead atoms. The second-order valence-corrected chi connectivity index (χ2v) is 9.01. The van der Waals surface area contributed by atoms with E-state index in [1.54, 1.807) is 7.11 Å². The topological polar surface area (TPSA) is 30.5 Å². The van der Waals surface area contributed by atoms with E-state index in [2.05, 4.69) is 67.9 Å². The highest BCUT2D eigenvalue weighted by Gasteiger charge is 2.40. The van der Waals surface area contributed by atoms with Gasteiger partial charge in [0, 0.05) is 28.5 Å². The van der Waals surface area contributed by atoms with Crippen molar-refractivity contribution >= 4 is 11.3 Å². The molecule has 1 N–H and O–H groups in total. The fourth-order valence-corrected chi connectivity index (χ4v) is 4.99. The molecule has 1 aliphatic heterocycles. The van der Waals surface area contributed by atoms with E-state index in [4.69, 9.17) is 9.47 Å². The molecule has 3 nitrogen and oxygen atoms in total. The second-order valence-electron chi connectivity index (χ2n) is 8.03. The van der Waals surface area contributed by atoms with Crippen molar-refractivity contribution in [2.45, 2.75) is 57.6 Å². The van der Waals surface area contributed by atoms with Crippen molar-refractivity contribution in [3.8, 4) is 5.75 Å². The van der Waals surface area contributed by atoms with Crippen LogP contribution in [-0.2, 0) is 10.2 Å². The maximum atomic E-state index is 6.12. The van der Waals surface area contributed by atoms with Crippen LogP contribution < -0.4 is 10.1 Å². The molecule has 2 aromatic rings. The zero-order chi connectivity index (χ0) is 19.3. The lowest BCUT2D eigenvalue weighted by atomic mass is 9.68. The molecule has 1 fully saturated rings. The van der Waals surface area contributed by atoms with E-state index in [9.17, 15) is 0 Å². The zero-order valence-corrected chi connectivity index (χ0v) is 17.9. The van der Waals surface area contributed by atoms with E-state index in [1.165, 1.54) is 10.4 Å². The summed E-state index contributed by atoms with van der Waals surface area (Å²) in [5.74, 6) is 1.53. The Kier molecular flexibility index (Phi) is 6.96. The number of rotatable bonds is 8. The standard InChI is InChI=1S/C23H33NO2S/c1-17(2)21-16-23(12-14-26-21,19-8-5-6-9-20(19)25-4)11-13-24-18(3)22-10-7-15-27-22/h5-10,15,17-18,21,24H,11-14,16H2,1-4H3/t18-,21-,23+/m0/s1. The first-order valence-electron chi connectivity index (χ1n) is 10.1. The smallest absolute Gasteiger partial charge is 0.122 e. The van der Waals surface area contributed by atoms with Crippen molar-refractivity contribution in [3.05, 3.63) is 52.2 Å². The summed E-state index contributed by atoms with van der Waals surface area (Å²) in [4.78, 5) is 1.40. The second kappa shape index (κ2) is 9.22. The van der Waals surface area contributed by atoms with Crippen LogP contribution in [0.4, 0.5) is 0 Å². The molecule has 0 radical (unpaired) electrons. The van der Waals surface area contributed by atoms with Gasteiger partial charge in [0.15, 0.2) is 0 Å². The number of hydrogen-bond donors (Lipinski definition) is 1. The minimum absolute atomic E-state index is 0.0992. The summed E-state index contributed by atoms with van der Waals surface area (Å²) in [6.45, 7) is 8.59. The Labute approximate surface area is 168 Å². The van der Waals surface area contributed by atoms with Crippen molar-refractivity contribution in [2.24, 2.45) is 5.92 Å². The SMILES string of the molecule is COc1ccccc1[C@]1(CCN[C@@H](C)c2cccs2)CCO[C@H](C(C)C)C1. The van der Waals surface area contributed by atoms with Gasteiger partial charge in [0.25, 0.3) is 0 Å². The first kappa shape index (κ1) is 20.4. The average Bonchev–Trinajstić information content (AvgIpc) is 3.23. The first-order valence-corrected chi connectivity index (χ1v) is 11.0. The Bertz CT molecular complexity index is 700. The largest absolute Gasteiger partial charge is 0.496 e. The molecule has 1 saturated heterocycles. The molecule has 3 atom stereocenters. The van der Waals surface area contributed by atoms with Crippen molar-refractivity contribution in [1.29, 1.82) is 0 Å². The van der Waals surface area contributed by atoms with E-state index in [1.807, 2.05) is 11.3 Å². The van der Waals surface area contributed by atoms with Crippen LogP contribution in [0, 0.1) is 5.92 Å². The van der Waals surface area contributed by atoms with Crippen molar-refractivity contribution in [2.75, 3.05) is 20.3 Å². The van der Waals surface area contributed by atoms with Crippen LogP contribution in [-0.4, -0.2) is 26.4 Å². The molecular weight excluding hydrogens is 354 g/mol. The van der Waals surface area contributed by atoms with Crippen LogP contribution in [0.1, 0.15) is 56.5 Å². The third-order valence-electron chi connectivity index (χ3n) is 5.95. The molecule has 1 aromatic carbocycles. The number of ether oxygens (including phenoxy) is 2. The molecule has 0 spiro atoms. The van der Waals surface area contributed by atoms with Gasteiger partial charge in [0.05, 0.1) is 13.2 Å². The van der Waals surface area contributed by atoms with E-state index in [-0.39, 0.29) is 5.41 Å². The molecule has 0 amide bonds. The van der Waals surface area contributed by atoms with Crippen LogP contribution in [0.25, 0.3) is 0 Å². The van der Waals surface area contributed by atoms with Crippen LogP contribution >= 0.6 is 11.3 Å². The van der Waals surface area contributed by atoms with Gasteiger partial charge >= 0.3 is 0 Å². The van der Waals surface area contributed by atoms with Crippen molar-refractivity contribution in [1.82, 2.24) is 5.32 Å². The molecule has 0 aliphatic carbocycles. The van der Waals surface area contributed by atoms with E-state index < -0.39 is 0 Å². The minimum Gasteiger partial charge on any atom is -0.496 e. The third kappa shape index (κ3) is 4.74. The number of benzene rings is 1. The van der Waals surface area contributed by atoms with Crippen molar-refractivity contribution < 1.29 is 9.47 Å². The van der Waals surface area contributed by atoms with E-state index in [0.717, 1.165) is 38.2 Å². The number of thiophene rings is 1. The van der Waals surface area contributed by atoms with Gasteiger partial charge in [-0.25, -0.2) is 0 Å². The highest BCUT2D eigenvalue weighted by Crippen LogP contribution is 2.45. The Hall–Kier alpha value is -1.36. The molecule has 0 unspecified atom stereocenters. The quantitative estimate of drug-likeness (QED) is 0.642. The van der Waals surface area contributed by atoms with Crippen LogP contribution in [0.15, 0.2) is 41.8 Å². The number of methoxy groups -OCH3 is 1. The lowest BCUT2D eigenvalue weighted by Gasteiger charge is -2.43. The average molecular weight is 388 g/mol. The van der Waals surface area contributed by atoms with Gasteiger partial charge in [-0.1, -0.05) is 38.1 Å². The summed E-state index contributed by atoms with van der Waals surface area (Å²) in [6.07, 6.45) is 3.50. The predicted molar refractivity (Wildman–Crippen MR) is 114 cm³/mol. The number of nitrogens with one attached hydrogen (secondary N) is 1. The monoisotopic (exact) mass is 387 g/mol. The Morgan fingerprint density at radius 3 is 2.74 bits per heavy atom. The predicted octanol–water partition coefficient (Wildman–Crippen LogP) is 5.57. The molecule has 3 rings (SSSR count).